The van der Waals surface area contributed by atoms with Crippen molar-refractivity contribution in [1.82, 2.24) is 25.8 Å². The molecule has 4 amide bonds. The summed E-state index contributed by atoms with van der Waals surface area (Å²) in [6, 6.07) is 35.8. The first-order valence-electron chi connectivity index (χ1n) is 44.2. The molecule has 0 radical (unpaired) electrons. The molecule has 8 aliphatic rings. The fourth-order valence-corrected chi connectivity index (χ4v) is 18.5. The van der Waals surface area contributed by atoms with E-state index >= 15 is 0 Å². The second kappa shape index (κ2) is 43.1. The van der Waals surface area contributed by atoms with Crippen LogP contribution in [-0.4, -0.2) is 168 Å². The molecule has 3 unspecified atom stereocenters. The average Bonchev–Trinajstić information content (AvgIpc) is 1.63. The SMILES string of the molecule is C.CC(C)(C)OC(=O)NC1c2cc(C(=O)N3CCC4(CC3)CCN(c3ccncc3)CC4)ccc2CC1(C)C.CC(C)(C)OC(=O)NC1c2cc(C(=O)O)ccc2CC1(C)C.COC(=O)c1ccc2c(c1)/C(=N\O)C(C)(C)C2.COC(=O)c1ccc2c(c1)C(=O)C(C)(C)C2.COC(=O)c1ccc2c(c1)C(=O)CC2.COC(=O)c1ccc2c(c1)C(NC(=O)OC(C)(C)C)C(C)(C)C2.[Li+].[OH-]. The van der Waals surface area contributed by atoms with Crippen LogP contribution in [0.3, 0.4) is 0 Å². The number of nitrogens with one attached hydrogen (secondary N) is 3. The zero-order valence-corrected chi connectivity index (χ0v) is 81.0. The third kappa shape index (κ3) is 26.6. The summed E-state index contributed by atoms with van der Waals surface area (Å²) in [7, 11) is 5.37. The number of aromatic carboxylic acids is 1. The van der Waals surface area contributed by atoms with Crippen LogP contribution in [0.25, 0.3) is 0 Å². The van der Waals surface area contributed by atoms with Gasteiger partial charge < -0.3 is 74.7 Å². The van der Waals surface area contributed by atoms with Crippen LogP contribution in [0, 0.1) is 32.5 Å². The van der Waals surface area contributed by atoms with E-state index in [-0.39, 0.29) is 112 Å². The topological polar surface area (TPSA) is 391 Å². The number of ketones is 2. The molecule has 3 atom stereocenters. The summed E-state index contributed by atoms with van der Waals surface area (Å²) >= 11 is 0. The second-order valence-corrected chi connectivity index (χ2v) is 41.2. The van der Waals surface area contributed by atoms with Crippen molar-refractivity contribution >= 4 is 77.0 Å². The minimum atomic E-state index is -0.969. The first kappa shape index (κ1) is 108. The van der Waals surface area contributed by atoms with E-state index in [0.29, 0.717) is 56.5 Å². The molecule has 1 spiro atoms. The number of likely N-dealkylation sites (tertiary alicyclic amines) is 1. The Morgan fingerprint density at radius 2 is 0.752 bits per heavy atom. The molecule has 3 heterocycles. The minimum Gasteiger partial charge on any atom is -0.870 e. The van der Waals surface area contributed by atoms with Gasteiger partial charge in [-0.05, 0) is 283 Å². The van der Waals surface area contributed by atoms with Gasteiger partial charge in [0.1, 0.15) is 16.8 Å². The molecule has 15 rings (SSSR count). The number of alkyl carbamates (subject to hydrolysis) is 3. The van der Waals surface area contributed by atoms with Gasteiger partial charge in [0.25, 0.3) is 5.91 Å². The summed E-state index contributed by atoms with van der Waals surface area (Å²) in [5, 5.41) is 30.6. The average molecular weight is 1830 g/mol. The molecule has 7 aromatic rings. The Balaban J connectivity index is 0.000000225. The van der Waals surface area contributed by atoms with Crippen molar-refractivity contribution in [2.75, 3.05) is 59.5 Å². The summed E-state index contributed by atoms with van der Waals surface area (Å²) in [5.74, 6) is -2.21. The smallest absolute Gasteiger partial charge is 0.870 e. The molecule has 2 saturated heterocycles. The van der Waals surface area contributed by atoms with Gasteiger partial charge in [-0.15, -0.1) is 0 Å². The van der Waals surface area contributed by atoms with Crippen LogP contribution in [0.1, 0.15) is 328 Å². The summed E-state index contributed by atoms with van der Waals surface area (Å²) < 4.78 is 34.9. The van der Waals surface area contributed by atoms with Crippen LogP contribution in [0.4, 0.5) is 20.1 Å². The molecule has 0 bridgehead atoms. The molecule has 2 fully saturated rings. The zero-order chi connectivity index (χ0) is 95.9. The number of ether oxygens (including phenoxy) is 7. The summed E-state index contributed by atoms with van der Waals surface area (Å²) in [6.45, 7) is 40.7. The van der Waals surface area contributed by atoms with Crippen molar-refractivity contribution in [3.63, 3.8) is 0 Å². The molecule has 1 aromatic heterocycles. The molecule has 28 nitrogen and oxygen atoms in total. The summed E-state index contributed by atoms with van der Waals surface area (Å²) in [4.78, 5) is 139. The molecule has 6 aromatic carbocycles. The molecule has 2 aliphatic heterocycles. The van der Waals surface area contributed by atoms with E-state index in [2.05, 4.69) is 105 Å². The Morgan fingerprint density at radius 3 is 1.14 bits per heavy atom. The largest absolute Gasteiger partial charge is 1.00 e. The Labute approximate surface area is 794 Å². The summed E-state index contributed by atoms with van der Waals surface area (Å²) in [5.41, 5.74) is 13.8. The normalized spacial score (nSPS) is 18.8. The number of pyridine rings is 1. The number of fused-ring (bicyclic) bond motifs is 6. The monoisotopic (exact) mass is 1820 g/mol. The van der Waals surface area contributed by atoms with Gasteiger partial charge in [-0.3, -0.25) is 19.4 Å². The van der Waals surface area contributed by atoms with Crippen molar-refractivity contribution in [1.29, 1.82) is 0 Å². The molecular weight excluding hydrogens is 1690 g/mol. The number of oxime groups is 1. The minimum absolute atomic E-state index is 0. The third-order valence-electron chi connectivity index (χ3n) is 25.1. The fraction of sp³-hybridized carbons (Fsp3) is 0.490. The maximum atomic E-state index is 13.6. The van der Waals surface area contributed by atoms with Gasteiger partial charge in [0.05, 0.1) is 80.1 Å². The number of carboxylic acids is 1. The fourth-order valence-electron chi connectivity index (χ4n) is 18.5. The van der Waals surface area contributed by atoms with Crippen molar-refractivity contribution in [2.45, 2.75) is 245 Å². The first-order chi connectivity index (χ1) is 60.6. The number of anilines is 1. The van der Waals surface area contributed by atoms with Gasteiger partial charge in [0, 0.05) is 83.8 Å². The van der Waals surface area contributed by atoms with Crippen LogP contribution < -0.4 is 39.7 Å². The Morgan fingerprint density at radius 1 is 0.421 bits per heavy atom. The van der Waals surface area contributed by atoms with E-state index in [9.17, 15) is 52.7 Å². The third-order valence-corrected chi connectivity index (χ3v) is 25.1. The first-order valence-corrected chi connectivity index (χ1v) is 44.2. The molecular formula is C104H134LiN7O21. The van der Waals surface area contributed by atoms with Gasteiger partial charge >= 0.3 is 67.0 Å². The van der Waals surface area contributed by atoms with Crippen LogP contribution in [-0.2, 0) is 71.7 Å². The van der Waals surface area contributed by atoms with Gasteiger partial charge in [-0.25, -0.2) is 38.4 Å². The molecule has 29 heteroatoms. The quantitative estimate of drug-likeness (QED) is 0.0279. The van der Waals surface area contributed by atoms with E-state index in [1.54, 1.807) is 60.7 Å². The van der Waals surface area contributed by atoms with Gasteiger partial charge in [0.2, 0.25) is 0 Å². The van der Waals surface area contributed by atoms with E-state index in [1.807, 2.05) is 150 Å². The van der Waals surface area contributed by atoms with Crippen LogP contribution >= 0.6 is 0 Å². The number of hydrogen-bond donors (Lipinski definition) is 5. The number of piperidine rings is 2. The molecule has 133 heavy (non-hydrogen) atoms. The number of methoxy groups -OCH3 is 4. The molecule has 6 N–H and O–H groups in total. The number of Topliss-reactive ketones (excluding diaryl/α,β-unsaturated/α-hetero) is 2. The molecule has 6 aliphatic carbocycles. The number of hydrogen-bond acceptors (Lipinski definition) is 23. The van der Waals surface area contributed by atoms with Gasteiger partial charge in [-0.1, -0.05) is 118 Å². The van der Waals surface area contributed by atoms with Crippen LogP contribution in [0.2, 0.25) is 0 Å². The Bertz CT molecular complexity index is 5500. The number of amides is 4. The molecule has 0 saturated carbocycles. The standard InChI is InChI=1S/C31H42N4O3.C18H25NO4.C17H23NO4.C13H15NO3.C13H14O3.C11H10O3.CH4.Li.H2O/c1-29(2,3)38-28(37)33-26-25-20-22(6-7-23(25)21-30(26,4)5)27(36)35-18-12-31(13-19-35)10-16-34(17-11-31)24-8-14-32-15-9-24;1-17(2,3)23-16(21)19-14-13-9-11(15(20)22-6)7-8-12(13)10-18(14,4)5;1-16(2,3)22-15(21)18-13-12-8-10(14(19)20)6-7-11(12)9-17(13,4)5;1-13(2)7-9-5-4-8(12(15)17-3)6-10(9)11(13)14-16;1-13(2)7-9-5-4-8(12(15)16-3)6-10(9)11(13)14;1-14-11(13)8-3-2-7-4-5-10(12)9(7)6-8;;;/h6-9,14-15,20,26H,10-13,16-19,21H2,1-5H3,(H,33,37);7-9,14H,10H2,1-6H3,(H,19,21);6-8,13H,9H2,1-5H3,(H,18,21)(H,19,20);4-6,16H,7H2,1-3H3;4-6H,7H2,1-3H3;2-3,6H,4-5H2,1H3;1H4;;1H2/q;;;;;;;+1;/p-1/b;;;14-11+;;;;;. The number of aryl methyl sites for hydroxylation is 1. The zero-order valence-electron chi connectivity index (χ0n) is 81.0. The van der Waals surface area contributed by atoms with E-state index < -0.39 is 53.0 Å². The number of rotatable bonds is 10. The number of benzene rings is 6. The number of carbonyl (C=O) groups excluding carboxylic acids is 10. The van der Waals surface area contributed by atoms with Gasteiger partial charge in [0.15, 0.2) is 11.6 Å². The predicted molar refractivity (Wildman–Crippen MR) is 502 cm³/mol. The van der Waals surface area contributed by atoms with Crippen LogP contribution in [0.5, 0.6) is 0 Å². The van der Waals surface area contributed by atoms with E-state index in [0.717, 1.165) is 128 Å². The van der Waals surface area contributed by atoms with Crippen molar-refractivity contribution in [2.24, 2.45) is 37.6 Å². The number of nitrogens with zero attached hydrogens (tertiary/aromatic N) is 4. The maximum absolute atomic E-state index is 13.6. The van der Waals surface area contributed by atoms with E-state index in [1.165, 1.54) is 52.5 Å². The number of esters is 4. The maximum Gasteiger partial charge on any atom is 1.00 e. The predicted octanol–water partition coefficient (Wildman–Crippen LogP) is 16.4. The van der Waals surface area contributed by atoms with Crippen LogP contribution in [0.15, 0.2) is 139 Å². The van der Waals surface area contributed by atoms with Crippen molar-refractivity contribution < 1.29 is 121 Å². The number of aromatic nitrogens is 1. The number of carboxylic acid groups (broad SMARTS) is 1. The Hall–Kier alpha value is -11.7. The second-order valence-electron chi connectivity index (χ2n) is 41.2. The number of carbonyl (C=O) groups is 11. The van der Waals surface area contributed by atoms with Gasteiger partial charge in [-0.2, -0.15) is 0 Å². The summed E-state index contributed by atoms with van der Waals surface area (Å²) in [6.07, 6.45) is 12.2. The Kier molecular flexibility index (Phi) is 35.1. The van der Waals surface area contributed by atoms with Crippen molar-refractivity contribution in [3.05, 3.63) is 234 Å². The molecule has 712 valence electrons. The van der Waals surface area contributed by atoms with Crippen molar-refractivity contribution in [3.8, 4) is 0 Å². The van der Waals surface area contributed by atoms with E-state index in [4.69, 9.17) is 29.3 Å².